The first-order chi connectivity index (χ1) is 9.62. The number of amides is 1. The molecule has 1 aromatic carbocycles. The van der Waals surface area contributed by atoms with Gasteiger partial charge in [0.15, 0.2) is 0 Å². The van der Waals surface area contributed by atoms with E-state index in [4.69, 9.17) is 0 Å². The zero-order valence-electron chi connectivity index (χ0n) is 13.3. The molecule has 1 rings (SSSR count). The first kappa shape index (κ1) is 17.1. The van der Waals surface area contributed by atoms with Crippen molar-refractivity contribution in [2.45, 2.75) is 13.0 Å². The number of aliphatic hydroxyl groups excluding tert-OH is 1. The smallest absolute Gasteiger partial charge is 0.336 e. The average Bonchev–Trinajstić information content (AvgIpc) is 2.35. The molecule has 0 aliphatic rings. The van der Waals surface area contributed by atoms with Crippen molar-refractivity contribution in [3.63, 3.8) is 0 Å². The van der Waals surface area contributed by atoms with Gasteiger partial charge in [-0.3, -0.25) is 9.59 Å². The third-order valence-electron chi connectivity index (χ3n) is 2.98. The highest BCUT2D eigenvalue weighted by Crippen LogP contribution is 2.12. The lowest BCUT2D eigenvalue weighted by Gasteiger charge is -2.29. The van der Waals surface area contributed by atoms with Crippen molar-refractivity contribution in [1.82, 2.24) is 5.43 Å². The van der Waals surface area contributed by atoms with Gasteiger partial charge < -0.3 is 10.0 Å². The van der Waals surface area contributed by atoms with Gasteiger partial charge in [0.05, 0.1) is 14.1 Å². The van der Waals surface area contributed by atoms with Crippen molar-refractivity contribution in [3.05, 3.63) is 29.8 Å². The van der Waals surface area contributed by atoms with Crippen LogP contribution in [0.4, 0.5) is 5.69 Å². The molecular weight excluding hydrogens is 270 g/mol. The molecule has 0 radical (unpaired) electrons. The lowest BCUT2D eigenvalue weighted by atomic mass is 10.1. The maximum atomic E-state index is 12.1. The Morgan fingerprint density at radius 2 is 1.76 bits per heavy atom. The molecule has 2 N–H and O–H groups in total. The molecule has 0 spiro atoms. The van der Waals surface area contributed by atoms with Crippen molar-refractivity contribution < 1.29 is 19.3 Å². The van der Waals surface area contributed by atoms with Gasteiger partial charge in [-0.15, -0.1) is 0 Å². The Kier molecular flexibility index (Phi) is 5.46. The first-order valence-corrected chi connectivity index (χ1v) is 6.78. The standard InChI is InChI=1S/C15H23N3O3/c1-11(19)10-18(4,5)16-15(21)14(20)12-6-8-13(9-7-12)17(2)3/h6-9,11,19H,10H2,1-5H3/p+1. The number of nitrogens with zero attached hydrogens (tertiary/aromatic N) is 2. The van der Waals surface area contributed by atoms with E-state index in [0.29, 0.717) is 12.1 Å². The van der Waals surface area contributed by atoms with Crippen LogP contribution < -0.4 is 10.3 Å². The topological polar surface area (TPSA) is 69.6 Å². The minimum absolute atomic E-state index is 0.0397. The van der Waals surface area contributed by atoms with E-state index in [9.17, 15) is 14.7 Å². The van der Waals surface area contributed by atoms with Gasteiger partial charge in [0.2, 0.25) is 0 Å². The molecule has 1 unspecified atom stereocenters. The molecule has 0 aliphatic heterocycles. The highest BCUT2D eigenvalue weighted by molar-refractivity contribution is 6.42. The highest BCUT2D eigenvalue weighted by atomic mass is 16.3. The Labute approximate surface area is 125 Å². The summed E-state index contributed by atoms with van der Waals surface area (Å²) in [5.41, 5.74) is 3.90. The molecule has 0 aromatic heterocycles. The molecule has 6 nitrogen and oxygen atoms in total. The van der Waals surface area contributed by atoms with E-state index in [2.05, 4.69) is 5.43 Å². The second-order valence-electron chi connectivity index (χ2n) is 5.93. The summed E-state index contributed by atoms with van der Waals surface area (Å²) in [6, 6.07) is 6.84. The molecule has 0 saturated heterocycles. The van der Waals surface area contributed by atoms with Gasteiger partial charge in [-0.1, -0.05) is 0 Å². The molecule has 1 amide bonds. The molecule has 0 aliphatic carbocycles. The average molecular weight is 294 g/mol. The predicted molar refractivity (Wildman–Crippen MR) is 81.9 cm³/mol. The SMILES string of the molecule is CC(O)C[N+](C)(C)NC(=O)C(=O)c1ccc(N(C)C)cc1. The Morgan fingerprint density at radius 1 is 1.24 bits per heavy atom. The fourth-order valence-corrected chi connectivity index (χ4v) is 2.07. The maximum Gasteiger partial charge on any atom is 0.336 e. The third kappa shape index (κ3) is 5.17. The molecule has 116 valence electrons. The summed E-state index contributed by atoms with van der Waals surface area (Å²) in [5.74, 6) is -1.27. The van der Waals surface area contributed by atoms with Gasteiger partial charge in [0.25, 0.3) is 5.78 Å². The van der Waals surface area contributed by atoms with Crippen LogP contribution in [0, 0.1) is 0 Å². The summed E-state index contributed by atoms with van der Waals surface area (Å²) in [7, 11) is 7.24. The van der Waals surface area contributed by atoms with Gasteiger partial charge >= 0.3 is 5.91 Å². The zero-order chi connectivity index (χ0) is 16.2. The minimum atomic E-state index is -0.682. The summed E-state index contributed by atoms with van der Waals surface area (Å²) in [5, 5.41) is 9.38. The first-order valence-electron chi connectivity index (χ1n) is 6.78. The number of ketones is 1. The number of aliphatic hydroxyl groups is 1. The van der Waals surface area contributed by atoms with Gasteiger partial charge in [-0.05, 0) is 31.2 Å². The number of hydrogen-bond acceptors (Lipinski definition) is 4. The fraction of sp³-hybridized carbons (Fsp3) is 0.467. The van der Waals surface area contributed by atoms with E-state index >= 15 is 0 Å². The van der Waals surface area contributed by atoms with Crippen LogP contribution in [-0.4, -0.2) is 62.2 Å². The number of anilines is 1. The number of Topliss-reactive ketones (excluding diaryl/α,β-unsaturated/α-hetero) is 1. The summed E-state index contributed by atoms with van der Waals surface area (Å²) in [4.78, 5) is 26.0. The third-order valence-corrected chi connectivity index (χ3v) is 2.98. The van der Waals surface area contributed by atoms with Gasteiger partial charge in [-0.2, -0.15) is 5.43 Å². The number of quaternary nitrogens is 1. The van der Waals surface area contributed by atoms with E-state index < -0.39 is 17.8 Å². The number of carbonyl (C=O) groups is 2. The fourth-order valence-electron chi connectivity index (χ4n) is 2.07. The number of carbonyl (C=O) groups excluding carboxylic acids is 2. The van der Waals surface area contributed by atoms with E-state index in [1.54, 1.807) is 45.3 Å². The summed E-state index contributed by atoms with van der Waals surface area (Å²) < 4.78 is 0.0397. The molecule has 21 heavy (non-hydrogen) atoms. The molecule has 0 bridgehead atoms. The molecule has 0 saturated carbocycles. The number of benzene rings is 1. The Balaban J connectivity index is 2.76. The normalized spacial score (nSPS) is 12.7. The van der Waals surface area contributed by atoms with E-state index in [1.807, 2.05) is 19.0 Å². The monoisotopic (exact) mass is 294 g/mol. The predicted octanol–water partition coefficient (Wildman–Crippen LogP) is 0.424. The molecule has 0 heterocycles. The Hall–Kier alpha value is -1.92. The molecular formula is C15H24N3O3+. The van der Waals surface area contributed by atoms with Crippen LogP contribution >= 0.6 is 0 Å². The largest absolute Gasteiger partial charge is 0.387 e. The minimum Gasteiger partial charge on any atom is -0.387 e. The second-order valence-corrected chi connectivity index (χ2v) is 5.93. The highest BCUT2D eigenvalue weighted by Gasteiger charge is 2.26. The second kappa shape index (κ2) is 6.69. The number of nitrogens with one attached hydrogen (secondary N) is 1. The molecule has 1 aromatic rings. The van der Waals surface area contributed by atoms with Crippen LogP contribution in [-0.2, 0) is 4.79 Å². The van der Waals surface area contributed by atoms with Crippen molar-refractivity contribution in [2.75, 3.05) is 39.6 Å². The number of hydrogen-bond donors (Lipinski definition) is 2. The molecule has 6 heteroatoms. The van der Waals surface area contributed by atoms with Crippen molar-refractivity contribution in [3.8, 4) is 0 Å². The van der Waals surface area contributed by atoms with Crippen molar-refractivity contribution in [2.24, 2.45) is 0 Å². The number of likely N-dealkylation sites (N-methyl/N-ethyl adjacent to an activating group) is 1. The van der Waals surface area contributed by atoms with Crippen LogP contribution in [0.1, 0.15) is 17.3 Å². The zero-order valence-corrected chi connectivity index (χ0v) is 13.3. The Bertz CT molecular complexity index is 507. The van der Waals surface area contributed by atoms with Crippen LogP contribution in [0.15, 0.2) is 24.3 Å². The van der Waals surface area contributed by atoms with Gasteiger partial charge in [-0.25, -0.2) is 4.59 Å². The van der Waals surface area contributed by atoms with Crippen molar-refractivity contribution in [1.29, 1.82) is 0 Å². The van der Waals surface area contributed by atoms with Crippen molar-refractivity contribution >= 4 is 17.4 Å². The van der Waals surface area contributed by atoms with E-state index in [-0.39, 0.29) is 4.59 Å². The van der Waals surface area contributed by atoms with Crippen LogP contribution in [0.5, 0.6) is 0 Å². The van der Waals surface area contributed by atoms with Crippen LogP contribution in [0.25, 0.3) is 0 Å². The lowest BCUT2D eigenvalue weighted by molar-refractivity contribution is -0.927. The molecule has 1 atom stereocenters. The summed E-state index contributed by atoms with van der Waals surface area (Å²) in [6.07, 6.45) is -0.574. The van der Waals surface area contributed by atoms with Crippen LogP contribution in [0.2, 0.25) is 0 Å². The lowest BCUT2D eigenvalue weighted by Crippen LogP contribution is -2.58. The van der Waals surface area contributed by atoms with Gasteiger partial charge in [0, 0.05) is 25.3 Å². The molecule has 0 fully saturated rings. The summed E-state index contributed by atoms with van der Waals surface area (Å²) >= 11 is 0. The van der Waals surface area contributed by atoms with E-state index in [0.717, 1.165) is 5.69 Å². The van der Waals surface area contributed by atoms with E-state index in [1.165, 1.54) is 0 Å². The number of rotatable bonds is 6. The van der Waals surface area contributed by atoms with Crippen LogP contribution in [0.3, 0.4) is 0 Å². The Morgan fingerprint density at radius 3 is 2.19 bits per heavy atom. The van der Waals surface area contributed by atoms with Gasteiger partial charge in [0.1, 0.15) is 12.6 Å². The summed E-state index contributed by atoms with van der Waals surface area (Å²) in [6.45, 7) is 1.95. The maximum absolute atomic E-state index is 12.1. The quantitative estimate of drug-likeness (QED) is 0.345.